The van der Waals surface area contributed by atoms with Crippen molar-refractivity contribution in [3.05, 3.63) is 51.3 Å². The van der Waals surface area contributed by atoms with Gasteiger partial charge in [0.2, 0.25) is 0 Å². The van der Waals surface area contributed by atoms with E-state index >= 15 is 0 Å². The van der Waals surface area contributed by atoms with Crippen molar-refractivity contribution in [2.24, 2.45) is 0 Å². The fourth-order valence-corrected chi connectivity index (χ4v) is 2.12. The van der Waals surface area contributed by atoms with Gasteiger partial charge in [-0.05, 0) is 26.0 Å². The van der Waals surface area contributed by atoms with Crippen LogP contribution in [0.4, 0.5) is 0 Å². The van der Waals surface area contributed by atoms with Crippen LogP contribution in [-0.4, -0.2) is 23.5 Å². The first-order chi connectivity index (χ1) is 9.49. The van der Waals surface area contributed by atoms with E-state index in [0.29, 0.717) is 17.0 Å². The zero-order valence-electron chi connectivity index (χ0n) is 11.0. The van der Waals surface area contributed by atoms with Crippen LogP contribution >= 0.6 is 15.9 Å². The van der Waals surface area contributed by atoms with Gasteiger partial charge in [0.15, 0.2) is 12.4 Å². The number of halogens is 1. The van der Waals surface area contributed by atoms with E-state index in [2.05, 4.69) is 21.1 Å². The number of benzene rings is 1. The highest BCUT2D eigenvalue weighted by atomic mass is 79.9. The predicted octanol–water partition coefficient (Wildman–Crippen LogP) is 3.09. The van der Waals surface area contributed by atoms with Crippen molar-refractivity contribution >= 4 is 27.7 Å². The molecule has 1 aromatic heterocycles. The van der Waals surface area contributed by atoms with Crippen LogP contribution in [0.15, 0.2) is 33.3 Å². The van der Waals surface area contributed by atoms with E-state index in [-0.39, 0.29) is 18.0 Å². The first-order valence-corrected chi connectivity index (χ1v) is 6.67. The lowest BCUT2D eigenvalue weighted by Gasteiger charge is -2.04. The Morgan fingerprint density at radius 2 is 2.10 bits per heavy atom. The number of hydrogen-bond acceptors (Lipinski definition) is 5. The SMILES string of the molecule is Cc1noc(C)c1C(=O)OCC(=O)c1cccc(Br)c1. The van der Waals surface area contributed by atoms with Gasteiger partial charge >= 0.3 is 5.97 Å². The van der Waals surface area contributed by atoms with Crippen LogP contribution in [0.1, 0.15) is 32.2 Å². The predicted molar refractivity (Wildman–Crippen MR) is 74.7 cm³/mol. The Morgan fingerprint density at radius 3 is 2.70 bits per heavy atom. The van der Waals surface area contributed by atoms with Gasteiger partial charge in [0.05, 0.1) is 5.69 Å². The second kappa shape index (κ2) is 6.00. The Labute approximate surface area is 124 Å². The van der Waals surface area contributed by atoms with E-state index in [1.54, 1.807) is 32.0 Å². The van der Waals surface area contributed by atoms with Crippen molar-refractivity contribution in [2.75, 3.05) is 6.61 Å². The summed E-state index contributed by atoms with van der Waals surface area (Å²) >= 11 is 3.28. The van der Waals surface area contributed by atoms with Crippen molar-refractivity contribution < 1.29 is 18.8 Å². The van der Waals surface area contributed by atoms with E-state index in [4.69, 9.17) is 9.26 Å². The largest absolute Gasteiger partial charge is 0.454 e. The third-order valence-corrected chi connectivity index (χ3v) is 3.21. The van der Waals surface area contributed by atoms with Gasteiger partial charge in [0.1, 0.15) is 11.3 Å². The Hall–Kier alpha value is -1.95. The molecule has 0 saturated heterocycles. The maximum Gasteiger partial charge on any atom is 0.344 e. The van der Waals surface area contributed by atoms with Gasteiger partial charge in [-0.1, -0.05) is 33.2 Å². The van der Waals surface area contributed by atoms with Crippen LogP contribution in [0.2, 0.25) is 0 Å². The van der Waals surface area contributed by atoms with Crippen LogP contribution in [0.5, 0.6) is 0 Å². The summed E-state index contributed by atoms with van der Waals surface area (Å²) in [7, 11) is 0. The second-order valence-electron chi connectivity index (χ2n) is 4.21. The average molecular weight is 338 g/mol. The molecule has 0 bridgehead atoms. The molecule has 1 aromatic carbocycles. The first kappa shape index (κ1) is 14.5. The minimum absolute atomic E-state index is 0.270. The number of esters is 1. The second-order valence-corrected chi connectivity index (χ2v) is 5.12. The number of rotatable bonds is 4. The summed E-state index contributed by atoms with van der Waals surface area (Å²) in [5, 5.41) is 3.67. The standard InChI is InChI=1S/C14H12BrNO4/c1-8-13(9(2)20-16-8)14(18)19-7-12(17)10-4-3-5-11(15)6-10/h3-6H,7H2,1-2H3. The Bertz CT molecular complexity index is 643. The Kier molecular flexibility index (Phi) is 4.34. The summed E-state index contributed by atoms with van der Waals surface area (Å²) in [6.07, 6.45) is 0. The van der Waals surface area contributed by atoms with Crippen LogP contribution in [0.25, 0.3) is 0 Å². The van der Waals surface area contributed by atoms with Gasteiger partial charge in [-0.3, -0.25) is 4.79 Å². The quantitative estimate of drug-likeness (QED) is 0.633. The van der Waals surface area contributed by atoms with Gasteiger partial charge in [-0.25, -0.2) is 4.79 Å². The topological polar surface area (TPSA) is 69.4 Å². The third kappa shape index (κ3) is 3.14. The third-order valence-electron chi connectivity index (χ3n) is 2.72. The Balaban J connectivity index is 2.02. The molecule has 0 unspecified atom stereocenters. The highest BCUT2D eigenvalue weighted by Crippen LogP contribution is 2.15. The molecule has 0 saturated carbocycles. The molecule has 6 heteroatoms. The first-order valence-electron chi connectivity index (χ1n) is 5.88. The highest BCUT2D eigenvalue weighted by molar-refractivity contribution is 9.10. The summed E-state index contributed by atoms with van der Waals surface area (Å²) < 4.78 is 10.7. The van der Waals surface area contributed by atoms with Crippen LogP contribution in [0.3, 0.4) is 0 Å². The molecule has 0 spiro atoms. The summed E-state index contributed by atoms with van der Waals surface area (Å²) in [4.78, 5) is 23.8. The summed E-state index contributed by atoms with van der Waals surface area (Å²) in [5.74, 6) is -0.501. The molecule has 0 atom stereocenters. The lowest BCUT2D eigenvalue weighted by Crippen LogP contribution is -2.15. The minimum atomic E-state index is -0.607. The highest BCUT2D eigenvalue weighted by Gasteiger charge is 2.20. The van der Waals surface area contributed by atoms with E-state index in [1.165, 1.54) is 0 Å². The molecule has 0 aliphatic heterocycles. The van der Waals surface area contributed by atoms with Crippen molar-refractivity contribution in [2.45, 2.75) is 13.8 Å². The summed E-state index contributed by atoms with van der Waals surface area (Å²) in [5.41, 5.74) is 1.19. The zero-order valence-corrected chi connectivity index (χ0v) is 12.6. The molecule has 0 amide bonds. The molecule has 0 fully saturated rings. The molecule has 0 aliphatic carbocycles. The molecule has 0 radical (unpaired) electrons. The van der Waals surface area contributed by atoms with E-state index < -0.39 is 5.97 Å². The lowest BCUT2D eigenvalue weighted by molar-refractivity contribution is 0.0472. The number of Topliss-reactive ketones (excluding diaryl/α,β-unsaturated/α-hetero) is 1. The van der Waals surface area contributed by atoms with Gasteiger partial charge in [-0.2, -0.15) is 0 Å². The monoisotopic (exact) mass is 337 g/mol. The fraction of sp³-hybridized carbons (Fsp3) is 0.214. The summed E-state index contributed by atoms with van der Waals surface area (Å²) in [6.45, 7) is 2.94. The van der Waals surface area contributed by atoms with E-state index in [0.717, 1.165) is 4.47 Å². The molecule has 0 N–H and O–H groups in total. The number of aromatic nitrogens is 1. The van der Waals surface area contributed by atoms with Crippen molar-refractivity contribution in [3.8, 4) is 0 Å². The average Bonchev–Trinajstić information content (AvgIpc) is 2.75. The maximum absolute atomic E-state index is 11.9. The van der Waals surface area contributed by atoms with Gasteiger partial charge in [-0.15, -0.1) is 0 Å². The molecule has 104 valence electrons. The Morgan fingerprint density at radius 1 is 1.35 bits per heavy atom. The van der Waals surface area contributed by atoms with Gasteiger partial charge < -0.3 is 9.26 Å². The van der Waals surface area contributed by atoms with E-state index in [9.17, 15) is 9.59 Å². The number of hydrogen-bond donors (Lipinski definition) is 0. The number of aryl methyl sites for hydroxylation is 2. The van der Waals surface area contributed by atoms with Crippen molar-refractivity contribution in [1.82, 2.24) is 5.16 Å². The lowest BCUT2D eigenvalue weighted by atomic mass is 10.1. The van der Waals surface area contributed by atoms with Crippen molar-refractivity contribution in [3.63, 3.8) is 0 Å². The number of nitrogens with zero attached hydrogens (tertiary/aromatic N) is 1. The summed E-state index contributed by atoms with van der Waals surface area (Å²) in [6, 6.07) is 6.89. The van der Waals surface area contributed by atoms with Crippen LogP contribution in [-0.2, 0) is 4.74 Å². The minimum Gasteiger partial charge on any atom is -0.454 e. The molecule has 2 aromatic rings. The van der Waals surface area contributed by atoms with Gasteiger partial charge in [0.25, 0.3) is 0 Å². The van der Waals surface area contributed by atoms with E-state index in [1.807, 2.05) is 6.07 Å². The number of carbonyl (C=O) groups excluding carboxylic acids is 2. The smallest absolute Gasteiger partial charge is 0.344 e. The zero-order chi connectivity index (χ0) is 14.7. The van der Waals surface area contributed by atoms with Crippen LogP contribution in [0, 0.1) is 13.8 Å². The normalized spacial score (nSPS) is 10.3. The van der Waals surface area contributed by atoms with Crippen molar-refractivity contribution in [1.29, 1.82) is 0 Å². The molecule has 20 heavy (non-hydrogen) atoms. The molecular weight excluding hydrogens is 326 g/mol. The van der Waals surface area contributed by atoms with Crippen LogP contribution < -0.4 is 0 Å². The molecule has 0 aliphatic rings. The van der Waals surface area contributed by atoms with Gasteiger partial charge in [0, 0.05) is 10.0 Å². The number of ketones is 1. The number of ether oxygens (including phenoxy) is 1. The fourth-order valence-electron chi connectivity index (χ4n) is 1.72. The maximum atomic E-state index is 11.9. The molecule has 2 rings (SSSR count). The number of carbonyl (C=O) groups is 2. The molecule has 1 heterocycles. The molecular formula is C14H12BrNO4. The molecule has 5 nitrogen and oxygen atoms in total.